The van der Waals surface area contributed by atoms with E-state index >= 15 is 0 Å². The number of amides is 1. The maximum absolute atomic E-state index is 12.8. The summed E-state index contributed by atoms with van der Waals surface area (Å²) in [6, 6.07) is 16.9. The van der Waals surface area contributed by atoms with Crippen molar-refractivity contribution >= 4 is 16.9 Å². The number of likely N-dealkylation sites (tertiary alicyclic amines) is 1. The van der Waals surface area contributed by atoms with Crippen LogP contribution in [-0.2, 0) is 4.74 Å². The molecule has 0 aliphatic carbocycles. The van der Waals surface area contributed by atoms with Gasteiger partial charge in [0.2, 0.25) is 0 Å². The number of aromatic nitrogens is 5. The Bertz CT molecular complexity index is 1750. The fourth-order valence-corrected chi connectivity index (χ4v) is 5.92. The van der Waals surface area contributed by atoms with Gasteiger partial charge in [-0.25, -0.2) is 14.8 Å². The Morgan fingerprint density at radius 3 is 2.36 bits per heavy atom. The maximum Gasteiger partial charge on any atom is 0.410 e. The van der Waals surface area contributed by atoms with Gasteiger partial charge in [-0.05, 0) is 75.1 Å². The summed E-state index contributed by atoms with van der Waals surface area (Å²) in [6.07, 6.45) is 10.7. The van der Waals surface area contributed by atoms with Crippen LogP contribution < -0.4 is 0 Å². The predicted octanol–water partition coefficient (Wildman–Crippen LogP) is 9.05. The van der Waals surface area contributed by atoms with Crippen molar-refractivity contribution in [3.05, 3.63) is 78.8 Å². The van der Waals surface area contributed by atoms with Crippen molar-refractivity contribution in [2.45, 2.75) is 84.3 Å². The summed E-state index contributed by atoms with van der Waals surface area (Å²) < 4.78 is 5.64. The topological polar surface area (TPSA) is 99.8 Å². The Kier molecular flexibility index (Phi) is 8.25. The van der Waals surface area contributed by atoms with E-state index in [0.717, 1.165) is 75.5 Å². The summed E-state index contributed by atoms with van der Waals surface area (Å²) in [5.41, 5.74) is 5.49. The van der Waals surface area contributed by atoms with E-state index in [1.165, 1.54) is 12.8 Å². The molecule has 1 amide bonds. The first-order valence-electron chi connectivity index (χ1n) is 15.8. The van der Waals surface area contributed by atoms with Crippen molar-refractivity contribution in [2.24, 2.45) is 0 Å². The van der Waals surface area contributed by atoms with Gasteiger partial charge in [-0.15, -0.1) is 0 Å². The fourth-order valence-electron chi connectivity index (χ4n) is 5.92. The number of imidazole rings is 2. The van der Waals surface area contributed by atoms with E-state index in [1.54, 1.807) is 4.90 Å². The molecule has 0 spiro atoms. The van der Waals surface area contributed by atoms with Crippen LogP contribution in [0.2, 0.25) is 0 Å². The van der Waals surface area contributed by atoms with Crippen molar-refractivity contribution in [3.8, 4) is 33.8 Å². The highest BCUT2D eigenvalue weighted by molar-refractivity contribution is 5.90. The summed E-state index contributed by atoms with van der Waals surface area (Å²) in [4.78, 5) is 35.6. The highest BCUT2D eigenvalue weighted by Crippen LogP contribution is 2.34. The van der Waals surface area contributed by atoms with Crippen LogP contribution in [0.5, 0.6) is 0 Å². The van der Waals surface area contributed by atoms with Gasteiger partial charge in [0.15, 0.2) is 0 Å². The second-order valence-electron chi connectivity index (χ2n) is 12.9. The van der Waals surface area contributed by atoms with Crippen molar-refractivity contribution in [1.29, 1.82) is 0 Å². The molecule has 2 atom stereocenters. The molecule has 2 aromatic carbocycles. The number of fused-ring (bicyclic) bond motifs is 1. The number of carbonyl (C=O) groups is 1. The van der Waals surface area contributed by atoms with E-state index < -0.39 is 5.60 Å². The second-order valence-corrected chi connectivity index (χ2v) is 12.9. The zero-order valence-corrected chi connectivity index (χ0v) is 26.4. The number of nitrogens with zero attached hydrogens (tertiary/aromatic N) is 4. The lowest BCUT2D eigenvalue weighted by Gasteiger charge is -2.27. The SMILES string of the molecule is CCCC[C@H](C)c1ncc(-c2ccc(-c3ccc4cc(-c5cnc([C@@H]6CCCN6C(=O)OC(C)(C)C)[nH]5)ccc4c3)nc2)[nH]1. The fraction of sp³-hybridized carbons (Fsp3) is 0.389. The summed E-state index contributed by atoms with van der Waals surface area (Å²) in [6.45, 7) is 10.8. The lowest BCUT2D eigenvalue weighted by atomic mass is 10.0. The molecule has 1 aliphatic rings. The lowest BCUT2D eigenvalue weighted by Crippen LogP contribution is -2.36. The van der Waals surface area contributed by atoms with Gasteiger partial charge in [-0.1, -0.05) is 51.0 Å². The molecule has 0 unspecified atom stereocenters. The van der Waals surface area contributed by atoms with Crippen LogP contribution in [0.15, 0.2) is 67.1 Å². The first-order valence-corrected chi connectivity index (χ1v) is 15.8. The number of nitrogens with one attached hydrogen (secondary N) is 2. The molecule has 1 fully saturated rings. The number of ether oxygens (including phenoxy) is 1. The predicted molar refractivity (Wildman–Crippen MR) is 175 cm³/mol. The number of aromatic amines is 2. The Morgan fingerprint density at radius 2 is 1.64 bits per heavy atom. The Hall–Kier alpha value is -4.46. The molecule has 1 aliphatic heterocycles. The number of rotatable bonds is 8. The summed E-state index contributed by atoms with van der Waals surface area (Å²) in [5, 5.41) is 2.28. The van der Waals surface area contributed by atoms with E-state index in [9.17, 15) is 4.79 Å². The van der Waals surface area contributed by atoms with Gasteiger partial charge in [0.05, 0.1) is 35.5 Å². The lowest BCUT2D eigenvalue weighted by molar-refractivity contribution is 0.0218. The van der Waals surface area contributed by atoms with Gasteiger partial charge in [0.1, 0.15) is 17.2 Å². The molecule has 5 aromatic rings. The van der Waals surface area contributed by atoms with Crippen LogP contribution in [-0.4, -0.2) is 48.1 Å². The minimum atomic E-state index is -0.528. The number of benzene rings is 2. The molecule has 228 valence electrons. The van der Waals surface area contributed by atoms with E-state index in [0.29, 0.717) is 12.5 Å². The normalized spacial score (nSPS) is 16.0. The highest BCUT2D eigenvalue weighted by atomic mass is 16.6. The van der Waals surface area contributed by atoms with Gasteiger partial charge in [-0.2, -0.15) is 0 Å². The van der Waals surface area contributed by atoms with Gasteiger partial charge in [0, 0.05) is 35.3 Å². The summed E-state index contributed by atoms with van der Waals surface area (Å²) in [7, 11) is 0. The third-order valence-corrected chi connectivity index (χ3v) is 8.37. The van der Waals surface area contributed by atoms with Gasteiger partial charge >= 0.3 is 6.09 Å². The van der Waals surface area contributed by atoms with Crippen LogP contribution in [0.25, 0.3) is 44.5 Å². The smallest absolute Gasteiger partial charge is 0.410 e. The number of unbranched alkanes of at least 4 members (excludes halogenated alkanes) is 1. The van der Waals surface area contributed by atoms with E-state index in [1.807, 2.05) is 39.4 Å². The maximum atomic E-state index is 12.8. The van der Waals surface area contributed by atoms with Crippen LogP contribution in [0.3, 0.4) is 0 Å². The van der Waals surface area contributed by atoms with E-state index in [-0.39, 0.29) is 12.1 Å². The molecule has 3 aromatic heterocycles. The van der Waals surface area contributed by atoms with Gasteiger partial charge in [-0.3, -0.25) is 9.88 Å². The first-order chi connectivity index (χ1) is 21.2. The molecule has 6 rings (SSSR count). The van der Waals surface area contributed by atoms with Crippen LogP contribution in [0.4, 0.5) is 4.79 Å². The molecule has 0 radical (unpaired) electrons. The number of H-pyrrole nitrogens is 2. The van der Waals surface area contributed by atoms with Crippen molar-refractivity contribution < 1.29 is 9.53 Å². The molecule has 4 heterocycles. The Labute approximate surface area is 259 Å². The minimum absolute atomic E-state index is 0.106. The number of pyridine rings is 1. The number of carbonyl (C=O) groups excluding carboxylic acids is 1. The van der Waals surface area contributed by atoms with Crippen molar-refractivity contribution in [1.82, 2.24) is 29.8 Å². The van der Waals surface area contributed by atoms with Crippen LogP contribution >= 0.6 is 0 Å². The molecule has 8 nitrogen and oxygen atoms in total. The Balaban J connectivity index is 1.16. The van der Waals surface area contributed by atoms with Crippen molar-refractivity contribution in [2.75, 3.05) is 6.54 Å². The zero-order valence-electron chi connectivity index (χ0n) is 26.4. The van der Waals surface area contributed by atoms with Gasteiger partial charge < -0.3 is 14.7 Å². The highest BCUT2D eigenvalue weighted by Gasteiger charge is 2.34. The second kappa shape index (κ2) is 12.3. The minimum Gasteiger partial charge on any atom is -0.444 e. The van der Waals surface area contributed by atoms with E-state index in [2.05, 4.69) is 82.3 Å². The standard InChI is InChI=1S/C36H42N6O2/c1-6-7-9-23(2)33-38-22-31(40-33)28-15-16-29(37-20-28)26-13-11-25-19-27(14-12-24(25)18-26)30-21-39-34(41-30)32-10-8-17-42(32)35(43)44-36(3,4)5/h11-16,18-23,32H,6-10,17H2,1-5H3,(H,38,40)(H,39,41)/t23-,32-/m0/s1. The molecule has 0 saturated carbocycles. The largest absolute Gasteiger partial charge is 0.444 e. The molecular weight excluding hydrogens is 548 g/mol. The number of hydrogen-bond acceptors (Lipinski definition) is 5. The molecule has 2 N–H and O–H groups in total. The quantitative estimate of drug-likeness (QED) is 0.188. The van der Waals surface area contributed by atoms with E-state index in [4.69, 9.17) is 9.72 Å². The Morgan fingerprint density at radius 1 is 0.932 bits per heavy atom. The molecule has 8 heteroatoms. The van der Waals surface area contributed by atoms with Crippen molar-refractivity contribution in [3.63, 3.8) is 0 Å². The summed E-state index contributed by atoms with van der Waals surface area (Å²) in [5.74, 6) is 2.26. The average molecular weight is 591 g/mol. The third-order valence-electron chi connectivity index (χ3n) is 8.37. The third kappa shape index (κ3) is 6.39. The van der Waals surface area contributed by atoms with Gasteiger partial charge in [0.25, 0.3) is 0 Å². The molecule has 0 bridgehead atoms. The number of hydrogen-bond donors (Lipinski definition) is 2. The summed E-state index contributed by atoms with van der Waals surface area (Å²) >= 11 is 0. The zero-order chi connectivity index (χ0) is 30.8. The molecule has 44 heavy (non-hydrogen) atoms. The average Bonchev–Trinajstić information content (AvgIpc) is 3.80. The molecular formula is C36H42N6O2. The van der Waals surface area contributed by atoms with Crippen LogP contribution in [0.1, 0.15) is 90.3 Å². The van der Waals surface area contributed by atoms with Crippen LogP contribution in [0, 0.1) is 0 Å². The molecule has 1 saturated heterocycles. The first kappa shape index (κ1) is 29.6. The monoisotopic (exact) mass is 590 g/mol.